The molecule has 0 saturated carbocycles. The van der Waals surface area contributed by atoms with Crippen molar-refractivity contribution < 1.29 is 4.39 Å². The van der Waals surface area contributed by atoms with Crippen LogP contribution in [0.1, 0.15) is 18.1 Å². The average Bonchev–Trinajstić information content (AvgIpc) is 2.89. The minimum Gasteiger partial charge on any atom is -0.364 e. The molecule has 21 heavy (non-hydrogen) atoms. The van der Waals surface area contributed by atoms with E-state index in [1.807, 2.05) is 12.1 Å². The number of nitrogens with two attached hydrogens (primary N) is 1. The molecular formula is C18H21FN2. The van der Waals surface area contributed by atoms with E-state index in [-0.39, 0.29) is 11.4 Å². The lowest BCUT2D eigenvalue weighted by molar-refractivity contribution is 0.417. The first-order valence-corrected chi connectivity index (χ1v) is 7.48. The predicted molar refractivity (Wildman–Crippen MR) is 85.1 cm³/mol. The first-order chi connectivity index (χ1) is 10.2. The molecule has 1 aliphatic rings. The summed E-state index contributed by atoms with van der Waals surface area (Å²) in [6.45, 7) is 3.58. The lowest BCUT2D eigenvalue weighted by atomic mass is 9.92. The molecule has 0 amide bonds. The molecular weight excluding hydrogens is 263 g/mol. The summed E-state index contributed by atoms with van der Waals surface area (Å²) in [6.07, 6.45) is 1.90. The Morgan fingerprint density at radius 2 is 1.62 bits per heavy atom. The van der Waals surface area contributed by atoms with Crippen LogP contribution >= 0.6 is 0 Å². The van der Waals surface area contributed by atoms with E-state index in [0.29, 0.717) is 6.54 Å². The molecule has 0 bridgehead atoms. The zero-order valence-electron chi connectivity index (χ0n) is 12.3. The fourth-order valence-electron chi connectivity index (χ4n) is 3.53. The third-order valence-corrected chi connectivity index (χ3v) is 4.56. The van der Waals surface area contributed by atoms with Crippen molar-refractivity contribution in [2.24, 2.45) is 5.73 Å². The molecule has 0 radical (unpaired) electrons. The summed E-state index contributed by atoms with van der Waals surface area (Å²) in [6, 6.07) is 15.3. The molecule has 3 heteroatoms. The van der Waals surface area contributed by atoms with E-state index >= 15 is 0 Å². The Balaban J connectivity index is 1.97. The van der Waals surface area contributed by atoms with Gasteiger partial charge < -0.3 is 10.6 Å². The van der Waals surface area contributed by atoms with E-state index < -0.39 is 0 Å². The molecule has 2 aromatic rings. The third kappa shape index (κ3) is 2.42. The lowest BCUT2D eigenvalue weighted by Crippen LogP contribution is -2.55. The number of hydrogen-bond donors (Lipinski definition) is 1. The summed E-state index contributed by atoms with van der Waals surface area (Å²) in [5.41, 5.74) is 9.87. The van der Waals surface area contributed by atoms with Crippen molar-refractivity contribution in [3.05, 3.63) is 65.5 Å². The van der Waals surface area contributed by atoms with Crippen molar-refractivity contribution in [2.45, 2.75) is 25.3 Å². The van der Waals surface area contributed by atoms with E-state index in [4.69, 9.17) is 5.73 Å². The van der Waals surface area contributed by atoms with Crippen LogP contribution in [0.15, 0.2) is 48.5 Å². The van der Waals surface area contributed by atoms with Gasteiger partial charge in [0.2, 0.25) is 0 Å². The molecule has 110 valence electrons. The van der Waals surface area contributed by atoms with Crippen molar-refractivity contribution in [1.29, 1.82) is 0 Å². The number of benzene rings is 2. The van der Waals surface area contributed by atoms with Gasteiger partial charge in [0, 0.05) is 18.8 Å². The summed E-state index contributed by atoms with van der Waals surface area (Å²) < 4.78 is 13.2. The van der Waals surface area contributed by atoms with Gasteiger partial charge in [-0.3, -0.25) is 0 Å². The number of anilines is 1. The topological polar surface area (TPSA) is 29.3 Å². The quantitative estimate of drug-likeness (QED) is 0.934. The first-order valence-electron chi connectivity index (χ1n) is 7.48. The molecule has 2 aromatic carbocycles. The Kier molecular flexibility index (Phi) is 3.68. The van der Waals surface area contributed by atoms with Crippen LogP contribution in [-0.2, 0) is 12.8 Å². The Morgan fingerprint density at radius 1 is 1.05 bits per heavy atom. The van der Waals surface area contributed by atoms with E-state index in [9.17, 15) is 4.39 Å². The second-order valence-electron chi connectivity index (χ2n) is 5.77. The van der Waals surface area contributed by atoms with Gasteiger partial charge in [0.15, 0.2) is 0 Å². The molecule has 0 spiro atoms. The number of rotatable bonds is 4. The smallest absolute Gasteiger partial charge is 0.123 e. The number of fused-ring (bicyclic) bond motifs is 1. The van der Waals surface area contributed by atoms with Gasteiger partial charge >= 0.3 is 0 Å². The van der Waals surface area contributed by atoms with Gasteiger partial charge in [-0.1, -0.05) is 24.3 Å². The van der Waals surface area contributed by atoms with Crippen molar-refractivity contribution in [2.75, 3.05) is 18.0 Å². The maximum absolute atomic E-state index is 13.2. The molecule has 2 N–H and O–H groups in total. The van der Waals surface area contributed by atoms with E-state index in [1.165, 1.54) is 23.3 Å². The molecule has 0 aliphatic heterocycles. The zero-order chi connectivity index (χ0) is 14.9. The van der Waals surface area contributed by atoms with Crippen LogP contribution in [0.5, 0.6) is 0 Å². The van der Waals surface area contributed by atoms with Crippen LogP contribution in [-0.4, -0.2) is 18.6 Å². The highest BCUT2D eigenvalue weighted by Crippen LogP contribution is 2.36. The molecule has 3 rings (SSSR count). The van der Waals surface area contributed by atoms with Gasteiger partial charge in [0.05, 0.1) is 5.54 Å². The second kappa shape index (κ2) is 5.49. The van der Waals surface area contributed by atoms with Gasteiger partial charge in [-0.05, 0) is 55.2 Å². The fourth-order valence-corrected chi connectivity index (χ4v) is 3.53. The standard InChI is InChI=1S/C18H21FN2/c1-2-21(17-9-7-16(19)8-10-17)18(13-20)11-14-5-3-4-6-15(14)12-18/h3-10H,2,11-13,20H2,1H3. The molecule has 0 heterocycles. The van der Waals surface area contributed by atoms with E-state index in [0.717, 1.165) is 25.1 Å². The molecule has 2 nitrogen and oxygen atoms in total. The van der Waals surface area contributed by atoms with E-state index in [2.05, 4.69) is 36.1 Å². The maximum Gasteiger partial charge on any atom is 0.123 e. The summed E-state index contributed by atoms with van der Waals surface area (Å²) in [5.74, 6) is -0.202. The van der Waals surface area contributed by atoms with Gasteiger partial charge in [-0.2, -0.15) is 0 Å². The largest absolute Gasteiger partial charge is 0.364 e. The molecule has 0 fully saturated rings. The maximum atomic E-state index is 13.2. The average molecular weight is 284 g/mol. The lowest BCUT2D eigenvalue weighted by Gasteiger charge is -2.42. The van der Waals surface area contributed by atoms with Crippen molar-refractivity contribution >= 4 is 5.69 Å². The van der Waals surface area contributed by atoms with Crippen LogP contribution in [0, 0.1) is 5.82 Å². The van der Waals surface area contributed by atoms with Crippen LogP contribution in [0.25, 0.3) is 0 Å². The van der Waals surface area contributed by atoms with Crippen LogP contribution in [0.3, 0.4) is 0 Å². The van der Waals surface area contributed by atoms with Crippen LogP contribution in [0.4, 0.5) is 10.1 Å². The van der Waals surface area contributed by atoms with Gasteiger partial charge in [0.1, 0.15) is 5.82 Å². The Morgan fingerprint density at radius 3 is 2.10 bits per heavy atom. The molecule has 0 aromatic heterocycles. The SMILES string of the molecule is CCN(c1ccc(F)cc1)C1(CN)Cc2ccccc2C1. The number of likely N-dealkylation sites (N-methyl/N-ethyl adjacent to an activating group) is 1. The Labute approximate surface area is 125 Å². The van der Waals surface area contributed by atoms with Gasteiger partial charge in [-0.15, -0.1) is 0 Å². The summed E-state index contributed by atoms with van der Waals surface area (Å²) in [4.78, 5) is 2.33. The number of hydrogen-bond acceptors (Lipinski definition) is 2. The summed E-state index contributed by atoms with van der Waals surface area (Å²) >= 11 is 0. The molecule has 0 saturated heterocycles. The van der Waals surface area contributed by atoms with Crippen LogP contribution < -0.4 is 10.6 Å². The van der Waals surface area contributed by atoms with Crippen molar-refractivity contribution in [3.8, 4) is 0 Å². The Bertz CT molecular complexity index is 596. The normalized spacial score (nSPS) is 15.8. The molecule has 0 unspecified atom stereocenters. The second-order valence-corrected chi connectivity index (χ2v) is 5.77. The first kappa shape index (κ1) is 14.1. The van der Waals surface area contributed by atoms with Gasteiger partial charge in [0.25, 0.3) is 0 Å². The molecule has 0 atom stereocenters. The van der Waals surface area contributed by atoms with Crippen LogP contribution in [0.2, 0.25) is 0 Å². The predicted octanol–water partition coefficient (Wildman–Crippen LogP) is 3.15. The number of halogens is 1. The molecule has 1 aliphatic carbocycles. The highest BCUT2D eigenvalue weighted by Gasteiger charge is 2.40. The Hall–Kier alpha value is -1.87. The van der Waals surface area contributed by atoms with Gasteiger partial charge in [-0.25, -0.2) is 4.39 Å². The summed E-state index contributed by atoms with van der Waals surface area (Å²) in [7, 11) is 0. The monoisotopic (exact) mass is 284 g/mol. The third-order valence-electron chi connectivity index (χ3n) is 4.56. The fraction of sp³-hybridized carbons (Fsp3) is 0.333. The summed E-state index contributed by atoms with van der Waals surface area (Å²) in [5, 5.41) is 0. The van der Waals surface area contributed by atoms with E-state index in [1.54, 1.807) is 0 Å². The highest BCUT2D eigenvalue weighted by molar-refractivity contribution is 5.53. The minimum absolute atomic E-state index is 0.101. The minimum atomic E-state index is -0.202. The zero-order valence-corrected chi connectivity index (χ0v) is 12.3. The highest BCUT2D eigenvalue weighted by atomic mass is 19.1. The van der Waals surface area contributed by atoms with Crippen molar-refractivity contribution in [3.63, 3.8) is 0 Å². The number of nitrogens with zero attached hydrogens (tertiary/aromatic N) is 1. The van der Waals surface area contributed by atoms with Crippen molar-refractivity contribution in [1.82, 2.24) is 0 Å².